The number of fused-ring (bicyclic) bond motifs is 3. The SMILES string of the molecule is Cc1cc(C=C(C#N)C(=O)OCc2cc(=O)oc3ccc4ccccc4c23)c(C)n1CC(C)C. The van der Waals surface area contributed by atoms with Crippen molar-refractivity contribution in [3.05, 3.63) is 87.0 Å². The molecule has 6 nitrogen and oxygen atoms in total. The Bertz CT molecular complexity index is 1530. The fraction of sp³-hybridized carbons (Fsp3) is 0.250. The van der Waals surface area contributed by atoms with Gasteiger partial charge in [0.25, 0.3) is 0 Å². The molecule has 0 bridgehead atoms. The lowest BCUT2D eigenvalue weighted by Crippen LogP contribution is -2.09. The maximum Gasteiger partial charge on any atom is 0.349 e. The zero-order valence-electron chi connectivity index (χ0n) is 19.7. The van der Waals surface area contributed by atoms with Crippen LogP contribution in [0.4, 0.5) is 0 Å². The average molecular weight is 455 g/mol. The zero-order chi connectivity index (χ0) is 24.4. The normalized spacial score (nSPS) is 11.8. The van der Waals surface area contributed by atoms with Crippen molar-refractivity contribution in [1.29, 1.82) is 5.26 Å². The number of benzene rings is 2. The van der Waals surface area contributed by atoms with Crippen molar-refractivity contribution in [2.24, 2.45) is 5.92 Å². The summed E-state index contributed by atoms with van der Waals surface area (Å²) in [5.74, 6) is -0.269. The highest BCUT2D eigenvalue weighted by atomic mass is 16.5. The number of aryl methyl sites for hydroxylation is 1. The van der Waals surface area contributed by atoms with Gasteiger partial charge < -0.3 is 13.7 Å². The molecule has 34 heavy (non-hydrogen) atoms. The Morgan fingerprint density at radius 3 is 2.68 bits per heavy atom. The quantitative estimate of drug-likeness (QED) is 0.123. The summed E-state index contributed by atoms with van der Waals surface area (Å²) >= 11 is 0. The molecule has 0 aliphatic heterocycles. The number of carbonyl (C=O) groups excluding carboxylic acids is 1. The molecule has 4 rings (SSSR count). The molecule has 2 aromatic carbocycles. The van der Waals surface area contributed by atoms with Crippen molar-refractivity contribution in [2.75, 3.05) is 0 Å². The van der Waals surface area contributed by atoms with Gasteiger partial charge in [-0.05, 0) is 54.3 Å². The van der Waals surface area contributed by atoms with Crippen LogP contribution < -0.4 is 5.63 Å². The monoisotopic (exact) mass is 454 g/mol. The van der Waals surface area contributed by atoms with Gasteiger partial charge in [0.2, 0.25) is 0 Å². The molecule has 0 saturated heterocycles. The number of nitriles is 1. The lowest BCUT2D eigenvalue weighted by Gasteiger charge is -2.12. The average Bonchev–Trinajstić information content (AvgIpc) is 3.07. The second-order valence-corrected chi connectivity index (χ2v) is 8.83. The number of hydrogen-bond acceptors (Lipinski definition) is 5. The van der Waals surface area contributed by atoms with Gasteiger partial charge in [-0.15, -0.1) is 0 Å². The number of rotatable bonds is 6. The number of hydrogen-bond donors (Lipinski definition) is 0. The number of nitrogens with zero attached hydrogens (tertiary/aromatic N) is 2. The first-order valence-corrected chi connectivity index (χ1v) is 11.2. The molecule has 0 radical (unpaired) electrons. The highest BCUT2D eigenvalue weighted by molar-refractivity contribution is 6.07. The van der Waals surface area contributed by atoms with Crippen LogP contribution in [0.2, 0.25) is 0 Å². The van der Waals surface area contributed by atoms with Crippen LogP contribution in [0.3, 0.4) is 0 Å². The highest BCUT2D eigenvalue weighted by Crippen LogP contribution is 2.28. The fourth-order valence-corrected chi connectivity index (χ4v) is 4.27. The summed E-state index contributed by atoms with van der Waals surface area (Å²) in [6.07, 6.45) is 1.56. The van der Waals surface area contributed by atoms with E-state index in [1.807, 2.05) is 56.3 Å². The van der Waals surface area contributed by atoms with Crippen LogP contribution in [0.15, 0.2) is 63.3 Å². The predicted molar refractivity (Wildman–Crippen MR) is 132 cm³/mol. The molecule has 0 N–H and O–H groups in total. The lowest BCUT2D eigenvalue weighted by molar-refractivity contribution is -0.139. The van der Waals surface area contributed by atoms with E-state index in [0.717, 1.165) is 34.3 Å². The minimum absolute atomic E-state index is 0.0954. The molecular weight excluding hydrogens is 428 g/mol. The molecule has 0 fully saturated rings. The molecule has 4 aromatic rings. The predicted octanol–water partition coefficient (Wildman–Crippen LogP) is 5.67. The summed E-state index contributed by atoms with van der Waals surface area (Å²) in [5, 5.41) is 12.2. The second-order valence-electron chi connectivity index (χ2n) is 8.83. The van der Waals surface area contributed by atoms with E-state index >= 15 is 0 Å². The van der Waals surface area contributed by atoms with Crippen molar-refractivity contribution in [3.8, 4) is 6.07 Å². The van der Waals surface area contributed by atoms with Crippen LogP contribution in [0.25, 0.3) is 27.8 Å². The Hall–Kier alpha value is -4.11. The Morgan fingerprint density at radius 1 is 1.18 bits per heavy atom. The molecule has 0 amide bonds. The van der Waals surface area contributed by atoms with E-state index < -0.39 is 11.6 Å². The third kappa shape index (κ3) is 4.51. The van der Waals surface area contributed by atoms with Gasteiger partial charge in [0.05, 0.1) is 0 Å². The van der Waals surface area contributed by atoms with E-state index in [1.54, 1.807) is 12.1 Å². The van der Waals surface area contributed by atoms with Crippen molar-refractivity contribution in [3.63, 3.8) is 0 Å². The second kappa shape index (κ2) is 9.40. The summed E-state index contributed by atoms with van der Waals surface area (Å²) < 4.78 is 13.0. The highest BCUT2D eigenvalue weighted by Gasteiger charge is 2.17. The molecule has 6 heteroatoms. The smallest absolute Gasteiger partial charge is 0.349 e. The van der Waals surface area contributed by atoms with E-state index in [1.165, 1.54) is 6.07 Å². The summed E-state index contributed by atoms with van der Waals surface area (Å²) in [6.45, 7) is 8.97. The Balaban J connectivity index is 1.64. The topological polar surface area (TPSA) is 85.2 Å². The van der Waals surface area contributed by atoms with Crippen molar-refractivity contribution in [1.82, 2.24) is 4.57 Å². The molecule has 0 unspecified atom stereocenters. The number of aromatic nitrogens is 1. The molecule has 0 aliphatic rings. The standard InChI is InChI=1S/C28H26N2O4/c1-17(2)15-30-18(3)11-21(19(30)4)12-22(14-29)28(32)33-16-23-13-26(31)34-25-10-9-20-7-5-6-8-24(20)27(23)25/h5-13,17H,15-16H2,1-4H3. The van der Waals surface area contributed by atoms with E-state index in [-0.39, 0.29) is 12.2 Å². The van der Waals surface area contributed by atoms with Gasteiger partial charge in [-0.3, -0.25) is 0 Å². The van der Waals surface area contributed by atoms with E-state index in [0.29, 0.717) is 22.5 Å². The van der Waals surface area contributed by atoms with Crippen LogP contribution in [0.5, 0.6) is 0 Å². The minimum Gasteiger partial charge on any atom is -0.457 e. The number of ether oxygens (including phenoxy) is 1. The van der Waals surface area contributed by atoms with E-state index in [4.69, 9.17) is 9.15 Å². The third-order valence-corrected chi connectivity index (χ3v) is 5.87. The molecule has 172 valence electrons. The van der Waals surface area contributed by atoms with E-state index in [9.17, 15) is 14.9 Å². The maximum atomic E-state index is 12.8. The Labute approximate surface area is 197 Å². The van der Waals surface area contributed by atoms with Gasteiger partial charge in [0, 0.05) is 34.9 Å². The Kier molecular flexibility index (Phi) is 6.38. The van der Waals surface area contributed by atoms with Crippen molar-refractivity contribution in [2.45, 2.75) is 40.8 Å². The largest absolute Gasteiger partial charge is 0.457 e. The van der Waals surface area contributed by atoms with Crippen LogP contribution in [0.1, 0.15) is 36.4 Å². The van der Waals surface area contributed by atoms with Crippen LogP contribution in [0, 0.1) is 31.1 Å². The van der Waals surface area contributed by atoms with Crippen LogP contribution in [-0.2, 0) is 22.7 Å². The van der Waals surface area contributed by atoms with Crippen LogP contribution in [-0.4, -0.2) is 10.5 Å². The van der Waals surface area contributed by atoms with Gasteiger partial charge >= 0.3 is 11.6 Å². The van der Waals surface area contributed by atoms with Gasteiger partial charge in [-0.2, -0.15) is 5.26 Å². The summed E-state index contributed by atoms with van der Waals surface area (Å²) in [4.78, 5) is 24.9. The summed E-state index contributed by atoms with van der Waals surface area (Å²) in [7, 11) is 0. The van der Waals surface area contributed by atoms with Gasteiger partial charge in [0.15, 0.2) is 0 Å². The molecule has 0 saturated carbocycles. The zero-order valence-corrected chi connectivity index (χ0v) is 19.7. The van der Waals surface area contributed by atoms with E-state index in [2.05, 4.69) is 18.4 Å². The Morgan fingerprint density at radius 2 is 1.94 bits per heavy atom. The van der Waals surface area contributed by atoms with Crippen molar-refractivity contribution >= 4 is 33.8 Å². The van der Waals surface area contributed by atoms with Crippen LogP contribution >= 0.6 is 0 Å². The number of esters is 1. The first-order chi connectivity index (χ1) is 16.3. The first kappa shape index (κ1) is 23.1. The van der Waals surface area contributed by atoms with Gasteiger partial charge in [0.1, 0.15) is 23.8 Å². The molecule has 2 heterocycles. The molecule has 0 aliphatic carbocycles. The summed E-state index contributed by atoms with van der Waals surface area (Å²) in [6, 6.07) is 16.6. The maximum absolute atomic E-state index is 12.8. The third-order valence-electron chi connectivity index (χ3n) is 5.87. The number of carbonyl (C=O) groups is 1. The van der Waals surface area contributed by atoms with Gasteiger partial charge in [-0.1, -0.05) is 44.2 Å². The fourth-order valence-electron chi connectivity index (χ4n) is 4.27. The minimum atomic E-state index is -0.738. The van der Waals surface area contributed by atoms with Crippen molar-refractivity contribution < 1.29 is 13.9 Å². The summed E-state index contributed by atoms with van der Waals surface area (Å²) in [5.41, 5.74) is 3.20. The molecule has 0 atom stereocenters. The first-order valence-electron chi connectivity index (χ1n) is 11.2. The lowest BCUT2D eigenvalue weighted by atomic mass is 10.0. The molecule has 2 aromatic heterocycles. The molecule has 0 spiro atoms. The molecular formula is C28H26N2O4. The van der Waals surface area contributed by atoms with Gasteiger partial charge in [-0.25, -0.2) is 9.59 Å².